The maximum Gasteiger partial charge on any atom is 0.253 e. The van der Waals surface area contributed by atoms with Crippen molar-refractivity contribution in [3.05, 3.63) is 64.1 Å². The van der Waals surface area contributed by atoms with Crippen LogP contribution in [0.3, 0.4) is 0 Å². The van der Waals surface area contributed by atoms with Gasteiger partial charge < -0.3 is 9.88 Å². The van der Waals surface area contributed by atoms with Gasteiger partial charge in [-0.25, -0.2) is 0 Å². The Hall–Kier alpha value is -2.01. The molecule has 2 rings (SSSR count). The monoisotopic (exact) mass is 330 g/mol. The Morgan fingerprint density at radius 2 is 1.74 bits per heavy atom. The van der Waals surface area contributed by atoms with E-state index in [1.165, 1.54) is 15.5 Å². The number of amides is 1. The molecule has 0 radical (unpaired) electrons. The number of carbonyl (C=O) groups excluding carboxylic acids is 1. The van der Waals surface area contributed by atoms with Gasteiger partial charge in [0.25, 0.3) is 5.91 Å². The molecule has 0 bridgehead atoms. The van der Waals surface area contributed by atoms with E-state index in [0.29, 0.717) is 10.8 Å². The second kappa shape index (κ2) is 7.51. The Kier molecular flexibility index (Phi) is 5.66. The number of hydrogen-bond donors (Lipinski definition) is 1. The minimum Gasteiger partial charge on any atom is -0.345 e. The Morgan fingerprint density at radius 3 is 2.30 bits per heavy atom. The van der Waals surface area contributed by atoms with Crippen molar-refractivity contribution < 1.29 is 4.79 Å². The number of nitrogens with one attached hydrogen (secondary N) is 1. The highest BCUT2D eigenvalue weighted by atomic mass is 32.2. The molecule has 1 N–H and O–H groups in total. The fourth-order valence-corrected chi connectivity index (χ4v) is 3.04. The zero-order valence-corrected chi connectivity index (χ0v) is 14.7. The molecule has 1 amide bonds. The van der Waals surface area contributed by atoms with Gasteiger partial charge in [-0.15, -0.1) is 11.8 Å². The summed E-state index contributed by atoms with van der Waals surface area (Å²) in [7, 11) is 1.63. The minimum absolute atomic E-state index is 0.0992. The maximum atomic E-state index is 12.3. The summed E-state index contributed by atoms with van der Waals surface area (Å²) in [5, 5.41) is 3.50. The van der Waals surface area contributed by atoms with Gasteiger partial charge in [-0.3, -0.25) is 9.59 Å². The van der Waals surface area contributed by atoms with Crippen molar-refractivity contribution in [3.63, 3.8) is 0 Å². The molecule has 0 aliphatic carbocycles. The summed E-state index contributed by atoms with van der Waals surface area (Å²) in [5.41, 5.74) is 1.40. The van der Waals surface area contributed by atoms with Crippen LogP contribution in [0.25, 0.3) is 0 Å². The second-order valence-electron chi connectivity index (χ2n) is 5.80. The topological polar surface area (TPSA) is 51.1 Å². The van der Waals surface area contributed by atoms with Gasteiger partial charge in [0, 0.05) is 29.5 Å². The van der Waals surface area contributed by atoms with Crippen molar-refractivity contribution in [2.24, 2.45) is 7.05 Å². The summed E-state index contributed by atoms with van der Waals surface area (Å²) < 4.78 is 1.40. The highest BCUT2D eigenvalue weighted by Gasteiger charge is 2.12. The molecule has 1 unspecified atom stereocenters. The van der Waals surface area contributed by atoms with Gasteiger partial charge in [-0.2, -0.15) is 0 Å². The van der Waals surface area contributed by atoms with E-state index in [4.69, 9.17) is 0 Å². The molecule has 0 aliphatic rings. The Morgan fingerprint density at radius 1 is 1.09 bits per heavy atom. The normalized spacial score (nSPS) is 12.2. The van der Waals surface area contributed by atoms with Gasteiger partial charge in [0.05, 0.1) is 11.6 Å². The van der Waals surface area contributed by atoms with Crippen LogP contribution in [0.4, 0.5) is 0 Å². The zero-order valence-electron chi connectivity index (χ0n) is 13.9. The van der Waals surface area contributed by atoms with Gasteiger partial charge in [-0.1, -0.05) is 26.0 Å². The van der Waals surface area contributed by atoms with Crippen LogP contribution in [-0.2, 0) is 7.05 Å². The molecule has 2 aromatic rings. The molecule has 1 heterocycles. The third-order valence-electron chi connectivity index (χ3n) is 3.45. The van der Waals surface area contributed by atoms with Gasteiger partial charge in [0.2, 0.25) is 5.56 Å². The zero-order chi connectivity index (χ0) is 17.0. The van der Waals surface area contributed by atoms with Gasteiger partial charge in [-0.05, 0) is 30.7 Å². The Labute approximate surface area is 140 Å². The summed E-state index contributed by atoms with van der Waals surface area (Å²) in [5.74, 6) is -0.186. The fourth-order valence-electron chi connectivity index (χ4n) is 2.20. The first-order valence-electron chi connectivity index (χ1n) is 7.61. The molecule has 1 aromatic carbocycles. The van der Waals surface area contributed by atoms with Crippen LogP contribution in [0.5, 0.6) is 0 Å². The smallest absolute Gasteiger partial charge is 0.253 e. The molecule has 5 heteroatoms. The van der Waals surface area contributed by atoms with Crippen LogP contribution in [0.2, 0.25) is 0 Å². The lowest BCUT2D eigenvalue weighted by Crippen LogP contribution is -2.28. The minimum atomic E-state index is -0.186. The van der Waals surface area contributed by atoms with Gasteiger partial charge in [0.1, 0.15) is 0 Å². The molecule has 4 nitrogen and oxygen atoms in total. The van der Waals surface area contributed by atoms with Crippen LogP contribution in [0.15, 0.2) is 52.3 Å². The van der Waals surface area contributed by atoms with Crippen molar-refractivity contribution in [2.45, 2.75) is 37.0 Å². The van der Waals surface area contributed by atoms with Crippen molar-refractivity contribution in [3.8, 4) is 0 Å². The molecular weight excluding hydrogens is 308 g/mol. The molecule has 122 valence electrons. The molecule has 23 heavy (non-hydrogen) atoms. The second-order valence-corrected chi connectivity index (χ2v) is 7.45. The molecule has 1 aromatic heterocycles. The number of benzene rings is 1. The number of aryl methyl sites for hydroxylation is 1. The average Bonchev–Trinajstić information content (AvgIpc) is 2.50. The molecule has 0 saturated carbocycles. The lowest BCUT2D eigenvalue weighted by molar-refractivity contribution is 0.0939. The largest absolute Gasteiger partial charge is 0.345 e. The summed E-state index contributed by atoms with van der Waals surface area (Å²) in [4.78, 5) is 24.9. The van der Waals surface area contributed by atoms with E-state index >= 15 is 0 Å². The summed E-state index contributed by atoms with van der Waals surface area (Å²) in [6.45, 7) is 6.27. The van der Waals surface area contributed by atoms with Crippen LogP contribution in [0.1, 0.15) is 42.7 Å². The highest BCUT2D eigenvalue weighted by Crippen LogP contribution is 2.24. The number of pyridine rings is 1. The molecule has 0 fully saturated rings. The third kappa shape index (κ3) is 4.73. The van der Waals surface area contributed by atoms with Crippen LogP contribution in [0, 0.1) is 0 Å². The van der Waals surface area contributed by atoms with Crippen LogP contribution < -0.4 is 10.9 Å². The number of aromatic nitrogens is 1. The van der Waals surface area contributed by atoms with E-state index in [1.54, 1.807) is 19.3 Å². The van der Waals surface area contributed by atoms with Gasteiger partial charge in [0.15, 0.2) is 0 Å². The molecule has 0 aliphatic heterocycles. The standard InChI is InChI=1S/C18H22N2O2S/c1-12(2)23-16-8-5-14(6-9-16)13(3)19-18(22)15-7-10-17(21)20(4)11-15/h5-13H,1-4H3,(H,19,22). The number of thioether (sulfide) groups is 1. The average molecular weight is 330 g/mol. The van der Waals surface area contributed by atoms with E-state index < -0.39 is 0 Å². The first-order valence-corrected chi connectivity index (χ1v) is 8.49. The first kappa shape index (κ1) is 17.3. The van der Waals surface area contributed by atoms with Crippen molar-refractivity contribution in [1.82, 2.24) is 9.88 Å². The molecule has 1 atom stereocenters. The Bertz CT molecular complexity index is 735. The summed E-state index contributed by atoms with van der Waals surface area (Å²) in [6.07, 6.45) is 1.55. The van der Waals surface area contributed by atoms with E-state index in [-0.39, 0.29) is 17.5 Å². The third-order valence-corrected chi connectivity index (χ3v) is 4.46. The van der Waals surface area contributed by atoms with Gasteiger partial charge >= 0.3 is 0 Å². The summed E-state index contributed by atoms with van der Waals surface area (Å²) >= 11 is 1.81. The van der Waals surface area contributed by atoms with Crippen molar-refractivity contribution in [1.29, 1.82) is 0 Å². The number of hydrogen-bond acceptors (Lipinski definition) is 3. The first-order chi connectivity index (χ1) is 10.9. The molecular formula is C18H22N2O2S. The lowest BCUT2D eigenvalue weighted by atomic mass is 10.1. The van der Waals surface area contributed by atoms with E-state index in [0.717, 1.165) is 5.56 Å². The van der Waals surface area contributed by atoms with E-state index in [9.17, 15) is 9.59 Å². The van der Waals surface area contributed by atoms with E-state index in [1.807, 2.05) is 30.8 Å². The van der Waals surface area contributed by atoms with E-state index in [2.05, 4.69) is 31.3 Å². The maximum absolute atomic E-state index is 12.3. The molecule has 0 saturated heterocycles. The fraction of sp³-hybridized carbons (Fsp3) is 0.333. The summed E-state index contributed by atoms with van der Waals surface area (Å²) in [6, 6.07) is 11.1. The van der Waals surface area contributed by atoms with Crippen LogP contribution >= 0.6 is 11.8 Å². The number of rotatable bonds is 5. The lowest BCUT2D eigenvalue weighted by Gasteiger charge is -2.15. The Balaban J connectivity index is 2.05. The van der Waals surface area contributed by atoms with Crippen LogP contribution in [-0.4, -0.2) is 15.7 Å². The quantitative estimate of drug-likeness (QED) is 0.855. The number of carbonyl (C=O) groups is 1. The molecule has 0 spiro atoms. The number of nitrogens with zero attached hydrogens (tertiary/aromatic N) is 1. The predicted octanol–water partition coefficient (Wildman–Crippen LogP) is 3.38. The van der Waals surface area contributed by atoms with Crippen molar-refractivity contribution >= 4 is 17.7 Å². The SMILES string of the molecule is CC(C)Sc1ccc(C(C)NC(=O)c2ccc(=O)n(C)c2)cc1. The highest BCUT2D eigenvalue weighted by molar-refractivity contribution is 7.99. The predicted molar refractivity (Wildman–Crippen MR) is 95.0 cm³/mol. The van der Waals surface area contributed by atoms with Crippen molar-refractivity contribution in [2.75, 3.05) is 0 Å².